The lowest BCUT2D eigenvalue weighted by atomic mass is 10.1. The number of carbonyl (C=O) groups is 1. The Hall–Kier alpha value is -1.65. The van der Waals surface area contributed by atoms with Crippen LogP contribution in [0.2, 0.25) is 0 Å². The van der Waals surface area contributed by atoms with Gasteiger partial charge in [0.15, 0.2) is 4.34 Å². The number of hydrogen-bond donors (Lipinski definition) is 1. The van der Waals surface area contributed by atoms with Gasteiger partial charge in [0.25, 0.3) is 0 Å². The fourth-order valence-electron chi connectivity index (χ4n) is 2.23. The number of rotatable bonds is 7. The highest BCUT2D eigenvalue weighted by molar-refractivity contribution is 8.01. The molecular formula is C15H20N4O3S3. The molecule has 1 N–H and O–H groups in total. The number of hydrogen-bond acceptors (Lipinski definition) is 7. The summed E-state index contributed by atoms with van der Waals surface area (Å²) in [4.78, 5) is 12.3. The molecule has 0 aliphatic heterocycles. The predicted molar refractivity (Wildman–Crippen MR) is 103 cm³/mol. The number of nitrogens with zero attached hydrogens (tertiary/aromatic N) is 3. The third-order valence-corrected chi connectivity index (χ3v) is 6.10. The highest BCUT2D eigenvalue weighted by atomic mass is 32.2. The third kappa shape index (κ3) is 5.68. The van der Waals surface area contributed by atoms with Crippen LogP contribution >= 0.6 is 23.1 Å². The van der Waals surface area contributed by atoms with Crippen LogP contribution in [0.3, 0.4) is 0 Å². The fraction of sp³-hybridized carbons (Fsp3) is 0.400. The van der Waals surface area contributed by atoms with E-state index in [0.29, 0.717) is 10.8 Å². The van der Waals surface area contributed by atoms with Crippen LogP contribution in [0.5, 0.6) is 0 Å². The van der Waals surface area contributed by atoms with Crippen molar-refractivity contribution in [1.29, 1.82) is 0 Å². The van der Waals surface area contributed by atoms with Crippen molar-refractivity contribution in [2.75, 3.05) is 28.2 Å². The van der Waals surface area contributed by atoms with E-state index in [1.165, 1.54) is 23.1 Å². The smallest absolute Gasteiger partial charge is 0.246 e. The van der Waals surface area contributed by atoms with Crippen LogP contribution in [0.25, 0.3) is 0 Å². The normalized spacial score (nSPS) is 11.4. The molecule has 0 aliphatic rings. The monoisotopic (exact) mass is 400 g/mol. The van der Waals surface area contributed by atoms with Crippen molar-refractivity contribution in [1.82, 2.24) is 10.2 Å². The summed E-state index contributed by atoms with van der Waals surface area (Å²) < 4.78 is 26.1. The maximum absolute atomic E-state index is 12.3. The Morgan fingerprint density at radius 2 is 1.88 bits per heavy atom. The van der Waals surface area contributed by atoms with Gasteiger partial charge in [0.2, 0.25) is 21.1 Å². The summed E-state index contributed by atoms with van der Waals surface area (Å²) in [6, 6.07) is 5.42. The van der Waals surface area contributed by atoms with Gasteiger partial charge in [-0.2, -0.15) is 0 Å². The molecule has 0 saturated heterocycles. The maximum Gasteiger partial charge on any atom is 0.246 e. The van der Waals surface area contributed by atoms with E-state index in [4.69, 9.17) is 0 Å². The van der Waals surface area contributed by atoms with Crippen molar-refractivity contribution in [2.24, 2.45) is 0 Å². The summed E-state index contributed by atoms with van der Waals surface area (Å²) in [5.74, 6) is 0.394. The zero-order valence-electron chi connectivity index (χ0n) is 14.4. The van der Waals surface area contributed by atoms with Gasteiger partial charge < -0.3 is 0 Å². The molecule has 0 fully saturated rings. The van der Waals surface area contributed by atoms with Crippen molar-refractivity contribution in [3.63, 3.8) is 0 Å². The maximum atomic E-state index is 12.3. The number of sulfonamides is 1. The van der Waals surface area contributed by atoms with Crippen molar-refractivity contribution >= 4 is 49.8 Å². The molecule has 0 radical (unpaired) electrons. The lowest BCUT2D eigenvalue weighted by molar-refractivity contribution is -0.114. The molecule has 10 heteroatoms. The highest BCUT2D eigenvalue weighted by Gasteiger charge is 2.22. The van der Waals surface area contributed by atoms with Gasteiger partial charge in [-0.05, 0) is 42.9 Å². The first-order valence-corrected chi connectivity index (χ1v) is 11.2. The van der Waals surface area contributed by atoms with E-state index in [-0.39, 0.29) is 6.54 Å². The Kier molecular flexibility index (Phi) is 6.42. The highest BCUT2D eigenvalue weighted by Crippen LogP contribution is 2.25. The molecule has 2 rings (SSSR count). The number of benzene rings is 1. The van der Waals surface area contributed by atoms with Crippen LogP contribution in [0.1, 0.15) is 18.1 Å². The molecule has 0 bridgehead atoms. The number of anilines is 2. The molecule has 0 saturated carbocycles. The van der Waals surface area contributed by atoms with Crippen LogP contribution in [0.4, 0.5) is 10.8 Å². The predicted octanol–water partition coefficient (Wildman–Crippen LogP) is 2.67. The van der Waals surface area contributed by atoms with Crippen molar-refractivity contribution in [3.8, 4) is 0 Å². The minimum absolute atomic E-state index is 0.322. The summed E-state index contributed by atoms with van der Waals surface area (Å²) in [5, 5.41) is 10.8. The summed E-state index contributed by atoms with van der Waals surface area (Å²) in [6.45, 7) is 5.44. The number of thioether (sulfide) groups is 1. The topological polar surface area (TPSA) is 92.3 Å². The van der Waals surface area contributed by atoms with E-state index < -0.39 is 15.9 Å². The van der Waals surface area contributed by atoms with Gasteiger partial charge in [-0.15, -0.1) is 10.2 Å². The largest absolute Gasteiger partial charge is 0.299 e. The molecule has 1 aromatic heterocycles. The van der Waals surface area contributed by atoms with Crippen LogP contribution in [0, 0.1) is 13.8 Å². The van der Waals surface area contributed by atoms with E-state index in [1.54, 1.807) is 12.1 Å². The Morgan fingerprint density at radius 3 is 2.44 bits per heavy atom. The standard InChI is InChI=1S/C15H20N4O3S3/c1-5-23-15-18-17-14(24-15)16-13(20)9-19(25(4,21)22)12-7-10(2)6-11(3)8-12/h6-8H,5,9H2,1-4H3,(H,16,17,20). The van der Waals surface area contributed by atoms with Gasteiger partial charge in [0.05, 0.1) is 11.9 Å². The minimum Gasteiger partial charge on any atom is -0.299 e. The first-order chi connectivity index (χ1) is 11.7. The van der Waals surface area contributed by atoms with Crippen molar-refractivity contribution in [2.45, 2.75) is 25.1 Å². The summed E-state index contributed by atoms with van der Waals surface area (Å²) in [6.07, 6.45) is 1.08. The van der Waals surface area contributed by atoms with Gasteiger partial charge in [-0.1, -0.05) is 36.1 Å². The number of carbonyl (C=O) groups excluding carboxylic acids is 1. The van der Waals surface area contributed by atoms with E-state index in [9.17, 15) is 13.2 Å². The molecule has 0 spiro atoms. The zero-order valence-corrected chi connectivity index (χ0v) is 16.9. The quantitative estimate of drug-likeness (QED) is 0.567. The lowest BCUT2D eigenvalue weighted by Gasteiger charge is -2.22. The average molecular weight is 401 g/mol. The molecule has 1 amide bonds. The first-order valence-electron chi connectivity index (χ1n) is 7.51. The molecule has 25 heavy (non-hydrogen) atoms. The summed E-state index contributed by atoms with van der Waals surface area (Å²) in [7, 11) is -3.61. The average Bonchev–Trinajstić information content (AvgIpc) is 2.90. The molecule has 7 nitrogen and oxygen atoms in total. The van der Waals surface area contributed by atoms with E-state index >= 15 is 0 Å². The molecular weight excluding hydrogens is 380 g/mol. The molecule has 0 atom stereocenters. The van der Waals surface area contributed by atoms with E-state index in [2.05, 4.69) is 15.5 Å². The second kappa shape index (κ2) is 8.15. The summed E-state index contributed by atoms with van der Waals surface area (Å²) >= 11 is 2.79. The van der Waals surface area contributed by atoms with Crippen LogP contribution in [0.15, 0.2) is 22.5 Å². The number of aryl methyl sites for hydroxylation is 2. The number of aromatic nitrogens is 2. The number of nitrogens with one attached hydrogen (secondary N) is 1. The molecule has 2 aromatic rings. The fourth-order valence-corrected chi connectivity index (χ4v) is 4.73. The second-order valence-electron chi connectivity index (χ2n) is 5.47. The van der Waals surface area contributed by atoms with Gasteiger partial charge in [-0.3, -0.25) is 14.4 Å². The van der Waals surface area contributed by atoms with Gasteiger partial charge >= 0.3 is 0 Å². The molecule has 136 valence electrons. The van der Waals surface area contributed by atoms with Crippen LogP contribution in [-0.2, 0) is 14.8 Å². The molecule has 1 heterocycles. The summed E-state index contributed by atoms with van der Waals surface area (Å²) in [5.41, 5.74) is 2.32. The third-order valence-electron chi connectivity index (χ3n) is 3.10. The van der Waals surface area contributed by atoms with E-state index in [0.717, 1.165) is 31.8 Å². The Balaban J connectivity index is 2.17. The Bertz CT molecular complexity index is 844. The second-order valence-corrected chi connectivity index (χ2v) is 9.87. The van der Waals surface area contributed by atoms with Crippen LogP contribution < -0.4 is 9.62 Å². The zero-order chi connectivity index (χ0) is 18.6. The van der Waals surface area contributed by atoms with Gasteiger partial charge in [0, 0.05) is 0 Å². The Morgan fingerprint density at radius 1 is 1.24 bits per heavy atom. The molecule has 1 aromatic carbocycles. The lowest BCUT2D eigenvalue weighted by Crippen LogP contribution is -2.37. The SMILES string of the molecule is CCSc1nnc(NC(=O)CN(c2cc(C)cc(C)c2)S(C)(=O)=O)s1. The number of amides is 1. The van der Waals surface area contributed by atoms with E-state index in [1.807, 2.05) is 26.8 Å². The first kappa shape index (κ1) is 19.7. The van der Waals surface area contributed by atoms with Crippen molar-refractivity contribution in [3.05, 3.63) is 29.3 Å². The Labute approximate surface area is 155 Å². The molecule has 0 unspecified atom stereocenters. The van der Waals surface area contributed by atoms with Crippen molar-refractivity contribution < 1.29 is 13.2 Å². The van der Waals surface area contributed by atoms with Crippen LogP contribution in [-0.4, -0.2) is 43.1 Å². The minimum atomic E-state index is -3.61. The van der Waals surface area contributed by atoms with Gasteiger partial charge in [0.1, 0.15) is 6.54 Å². The molecule has 0 aliphatic carbocycles. The van der Waals surface area contributed by atoms with Gasteiger partial charge in [-0.25, -0.2) is 8.42 Å².